The molecule has 7 nitrogen and oxygen atoms in total. The third-order valence-corrected chi connectivity index (χ3v) is 7.28. The molecule has 0 bridgehead atoms. The van der Waals surface area contributed by atoms with Crippen molar-refractivity contribution in [3.05, 3.63) is 48.7 Å². The highest BCUT2D eigenvalue weighted by molar-refractivity contribution is 8.00. The molecule has 1 aromatic heterocycles. The first-order valence-corrected chi connectivity index (χ1v) is 12.5. The van der Waals surface area contributed by atoms with Gasteiger partial charge in [0.2, 0.25) is 11.8 Å². The van der Waals surface area contributed by atoms with E-state index in [1.54, 1.807) is 32.4 Å². The molecule has 0 unspecified atom stereocenters. The number of nitrogens with one attached hydrogen (secondary N) is 1. The molecular weight excluding hydrogens is 450 g/mol. The molecule has 2 amide bonds. The minimum Gasteiger partial charge on any atom is -0.497 e. The fourth-order valence-corrected chi connectivity index (χ4v) is 5.09. The van der Waals surface area contributed by atoms with Crippen LogP contribution in [0.4, 0.5) is 5.69 Å². The summed E-state index contributed by atoms with van der Waals surface area (Å²) in [5.41, 5.74) is 1.56. The van der Waals surface area contributed by atoms with Crippen LogP contribution >= 0.6 is 11.8 Å². The number of hydrogen-bond donors (Lipinski definition) is 1. The van der Waals surface area contributed by atoms with E-state index in [2.05, 4.69) is 12.2 Å². The van der Waals surface area contributed by atoms with Gasteiger partial charge in [0.1, 0.15) is 18.0 Å². The number of hydrogen-bond acceptors (Lipinski definition) is 5. The summed E-state index contributed by atoms with van der Waals surface area (Å²) >= 11 is 1.45. The predicted octanol–water partition coefficient (Wildman–Crippen LogP) is 4.65. The molecule has 3 aromatic rings. The molecule has 1 saturated heterocycles. The SMILES string of the molecule is COc1ccc(OC)c(NC(=O)CSc2cn(CC(=O)N3CCC(C)CC3)c3ccccc23)c1. The number of nitrogens with zero attached hydrogens (tertiary/aromatic N) is 2. The first-order valence-electron chi connectivity index (χ1n) is 11.5. The molecule has 180 valence electrons. The number of methoxy groups -OCH3 is 2. The average Bonchev–Trinajstić information content (AvgIpc) is 3.20. The second-order valence-corrected chi connectivity index (χ2v) is 9.62. The Bertz CT molecular complexity index is 1170. The molecule has 2 aromatic carbocycles. The van der Waals surface area contributed by atoms with E-state index in [9.17, 15) is 9.59 Å². The summed E-state index contributed by atoms with van der Waals surface area (Å²) in [5, 5.41) is 3.95. The average molecular weight is 482 g/mol. The van der Waals surface area contributed by atoms with Gasteiger partial charge in [-0.15, -0.1) is 11.8 Å². The zero-order valence-electron chi connectivity index (χ0n) is 19.9. The van der Waals surface area contributed by atoms with Crippen LogP contribution in [0.3, 0.4) is 0 Å². The molecule has 4 rings (SSSR count). The fraction of sp³-hybridized carbons (Fsp3) is 0.385. The molecule has 2 heterocycles. The van der Waals surface area contributed by atoms with E-state index in [1.165, 1.54) is 11.8 Å². The molecule has 0 saturated carbocycles. The zero-order valence-corrected chi connectivity index (χ0v) is 20.7. The third kappa shape index (κ3) is 5.50. The van der Waals surface area contributed by atoms with Crippen molar-refractivity contribution in [3.63, 3.8) is 0 Å². The maximum atomic E-state index is 12.9. The van der Waals surface area contributed by atoms with E-state index < -0.39 is 0 Å². The highest BCUT2D eigenvalue weighted by Crippen LogP contribution is 2.32. The third-order valence-electron chi connectivity index (χ3n) is 6.23. The number of anilines is 1. The lowest BCUT2D eigenvalue weighted by Crippen LogP contribution is -2.39. The van der Waals surface area contributed by atoms with E-state index in [0.717, 1.165) is 41.7 Å². The van der Waals surface area contributed by atoms with Crippen LogP contribution in [0, 0.1) is 5.92 Å². The first kappa shape index (κ1) is 24.0. The summed E-state index contributed by atoms with van der Waals surface area (Å²) in [6.07, 6.45) is 4.11. The Morgan fingerprint density at radius 1 is 1.09 bits per heavy atom. The van der Waals surface area contributed by atoms with Crippen molar-refractivity contribution in [1.29, 1.82) is 0 Å². The topological polar surface area (TPSA) is 72.8 Å². The number of piperidine rings is 1. The normalized spacial score (nSPS) is 14.3. The van der Waals surface area contributed by atoms with Gasteiger partial charge in [0, 0.05) is 41.2 Å². The molecule has 8 heteroatoms. The Morgan fingerprint density at radius 3 is 2.59 bits per heavy atom. The number of carbonyl (C=O) groups excluding carboxylic acids is 2. The van der Waals surface area contributed by atoms with Gasteiger partial charge in [-0.05, 0) is 37.0 Å². The number of para-hydroxylation sites is 1. The van der Waals surface area contributed by atoms with Crippen molar-refractivity contribution in [2.24, 2.45) is 5.92 Å². The molecule has 0 atom stereocenters. The van der Waals surface area contributed by atoms with Crippen molar-refractivity contribution in [1.82, 2.24) is 9.47 Å². The van der Waals surface area contributed by atoms with Crippen LogP contribution < -0.4 is 14.8 Å². The maximum absolute atomic E-state index is 12.9. The standard InChI is InChI=1S/C26H31N3O4S/c1-18-10-12-28(13-11-18)26(31)16-29-15-24(20-6-4-5-7-22(20)29)34-17-25(30)27-21-14-19(32-2)8-9-23(21)33-3/h4-9,14-15,18H,10-13,16-17H2,1-3H3,(H,27,30). The van der Waals surface area contributed by atoms with Gasteiger partial charge < -0.3 is 24.3 Å². The fourth-order valence-electron chi connectivity index (χ4n) is 4.20. The maximum Gasteiger partial charge on any atom is 0.242 e. The van der Waals surface area contributed by atoms with E-state index >= 15 is 0 Å². The van der Waals surface area contributed by atoms with Crippen LogP contribution in [0.15, 0.2) is 53.6 Å². The lowest BCUT2D eigenvalue weighted by atomic mass is 9.99. The Kier molecular flexibility index (Phi) is 7.67. The van der Waals surface area contributed by atoms with Gasteiger partial charge in [-0.25, -0.2) is 0 Å². The second kappa shape index (κ2) is 10.9. The highest BCUT2D eigenvalue weighted by atomic mass is 32.2. The van der Waals surface area contributed by atoms with Crippen molar-refractivity contribution < 1.29 is 19.1 Å². The van der Waals surface area contributed by atoms with E-state index in [4.69, 9.17) is 9.47 Å². The summed E-state index contributed by atoms with van der Waals surface area (Å²) in [7, 11) is 3.14. The Morgan fingerprint density at radius 2 is 1.85 bits per heavy atom. The summed E-state index contributed by atoms with van der Waals surface area (Å²) in [5.74, 6) is 2.12. The van der Waals surface area contributed by atoms with Crippen LogP contribution in [0.2, 0.25) is 0 Å². The number of benzene rings is 2. The van der Waals surface area contributed by atoms with Gasteiger partial charge in [0.05, 0.1) is 25.7 Å². The summed E-state index contributed by atoms with van der Waals surface area (Å²) in [6, 6.07) is 13.3. The van der Waals surface area contributed by atoms with Crippen LogP contribution in [0.25, 0.3) is 10.9 Å². The summed E-state index contributed by atoms with van der Waals surface area (Å²) in [6.45, 7) is 4.21. The summed E-state index contributed by atoms with van der Waals surface area (Å²) < 4.78 is 12.6. The molecule has 0 aliphatic carbocycles. The van der Waals surface area contributed by atoms with E-state index in [1.807, 2.05) is 39.9 Å². The lowest BCUT2D eigenvalue weighted by molar-refractivity contribution is -0.133. The molecule has 0 spiro atoms. The number of likely N-dealkylation sites (tertiary alicyclic amines) is 1. The minimum atomic E-state index is -0.146. The number of carbonyl (C=O) groups is 2. The molecular formula is C26H31N3O4S. The Balaban J connectivity index is 1.45. The highest BCUT2D eigenvalue weighted by Gasteiger charge is 2.21. The Hall–Kier alpha value is -3.13. The number of amides is 2. The van der Waals surface area contributed by atoms with Crippen LogP contribution in [0.5, 0.6) is 11.5 Å². The second-order valence-electron chi connectivity index (χ2n) is 8.60. The minimum absolute atomic E-state index is 0.145. The van der Waals surface area contributed by atoms with Crippen LogP contribution in [0.1, 0.15) is 19.8 Å². The summed E-state index contributed by atoms with van der Waals surface area (Å²) in [4.78, 5) is 28.6. The van der Waals surface area contributed by atoms with Gasteiger partial charge in [-0.1, -0.05) is 25.1 Å². The van der Waals surface area contributed by atoms with Gasteiger partial charge >= 0.3 is 0 Å². The number of ether oxygens (including phenoxy) is 2. The van der Waals surface area contributed by atoms with Gasteiger partial charge in [0.25, 0.3) is 0 Å². The van der Waals surface area contributed by atoms with E-state index in [0.29, 0.717) is 29.6 Å². The molecule has 1 N–H and O–H groups in total. The molecule has 1 aliphatic heterocycles. The van der Waals surface area contributed by atoms with Crippen molar-refractivity contribution in [2.75, 3.05) is 38.4 Å². The lowest BCUT2D eigenvalue weighted by Gasteiger charge is -2.30. The molecule has 34 heavy (non-hydrogen) atoms. The first-order chi connectivity index (χ1) is 16.5. The Labute approximate surface area is 204 Å². The van der Waals surface area contributed by atoms with Crippen LogP contribution in [-0.2, 0) is 16.1 Å². The van der Waals surface area contributed by atoms with Gasteiger partial charge in [-0.3, -0.25) is 9.59 Å². The smallest absolute Gasteiger partial charge is 0.242 e. The number of fused-ring (bicyclic) bond motifs is 1. The van der Waals surface area contributed by atoms with Gasteiger partial charge in [0.15, 0.2) is 0 Å². The van der Waals surface area contributed by atoms with Crippen molar-refractivity contribution in [2.45, 2.75) is 31.2 Å². The van der Waals surface area contributed by atoms with Crippen LogP contribution in [-0.4, -0.2) is 54.3 Å². The van der Waals surface area contributed by atoms with Crippen molar-refractivity contribution in [3.8, 4) is 11.5 Å². The quantitative estimate of drug-likeness (QED) is 0.474. The van der Waals surface area contributed by atoms with Crippen molar-refractivity contribution >= 4 is 40.2 Å². The monoisotopic (exact) mass is 481 g/mol. The molecule has 0 radical (unpaired) electrons. The molecule has 1 fully saturated rings. The van der Waals surface area contributed by atoms with E-state index in [-0.39, 0.29) is 17.6 Å². The number of thioether (sulfide) groups is 1. The predicted molar refractivity (Wildman–Crippen MR) is 136 cm³/mol. The number of rotatable bonds is 8. The zero-order chi connectivity index (χ0) is 24.1. The largest absolute Gasteiger partial charge is 0.497 e. The number of aromatic nitrogens is 1. The molecule has 1 aliphatic rings. The van der Waals surface area contributed by atoms with Gasteiger partial charge in [-0.2, -0.15) is 0 Å².